The number of fused-ring (bicyclic) bond motifs is 2. The summed E-state index contributed by atoms with van der Waals surface area (Å²) in [6, 6.07) is 25.7. The maximum absolute atomic E-state index is 6.47. The summed E-state index contributed by atoms with van der Waals surface area (Å²) in [5.74, 6) is 0. The molecule has 0 saturated carbocycles. The Hall–Kier alpha value is -2.17. The Morgan fingerprint density at radius 2 is 1.62 bits per heavy atom. The summed E-state index contributed by atoms with van der Waals surface area (Å²) in [6.07, 6.45) is 6.74. The Labute approximate surface area is 203 Å². The van der Waals surface area contributed by atoms with Gasteiger partial charge in [0.1, 0.15) is 0 Å². The molecule has 1 aliphatic carbocycles. The molecular formula is C28H26BrClN2. The predicted octanol–water partition coefficient (Wildman–Crippen LogP) is 6.97. The summed E-state index contributed by atoms with van der Waals surface area (Å²) < 4.78 is 1.11. The average Bonchev–Trinajstić information content (AvgIpc) is 2.94. The average molecular weight is 506 g/mol. The van der Waals surface area contributed by atoms with Gasteiger partial charge in [-0.3, -0.25) is 9.80 Å². The molecule has 0 N–H and O–H groups in total. The largest absolute Gasteiger partial charge is 0.297 e. The molecule has 1 aliphatic heterocycles. The molecule has 0 bridgehead atoms. The first-order chi connectivity index (χ1) is 15.7. The minimum Gasteiger partial charge on any atom is -0.297 e. The SMILES string of the molecule is Clc1ccc2c(c1)C(N1CCN(CC=Cc3ccccc3)CC1)c1ccccc1C=C2Br. The lowest BCUT2D eigenvalue weighted by Crippen LogP contribution is -2.47. The fourth-order valence-electron chi connectivity index (χ4n) is 4.75. The highest BCUT2D eigenvalue weighted by Gasteiger charge is 2.31. The van der Waals surface area contributed by atoms with E-state index in [1.54, 1.807) is 0 Å². The van der Waals surface area contributed by atoms with Crippen molar-refractivity contribution in [2.45, 2.75) is 6.04 Å². The molecule has 3 aromatic rings. The topological polar surface area (TPSA) is 6.48 Å². The number of piperazine rings is 1. The van der Waals surface area contributed by atoms with E-state index in [0.717, 1.165) is 42.2 Å². The molecule has 3 aromatic carbocycles. The van der Waals surface area contributed by atoms with Gasteiger partial charge in [0.05, 0.1) is 6.04 Å². The van der Waals surface area contributed by atoms with E-state index in [9.17, 15) is 0 Å². The Kier molecular flexibility index (Phi) is 6.61. The van der Waals surface area contributed by atoms with Gasteiger partial charge in [-0.2, -0.15) is 0 Å². The first kappa shape index (κ1) is 21.7. The zero-order valence-corrected chi connectivity index (χ0v) is 20.3. The van der Waals surface area contributed by atoms with Crippen LogP contribution >= 0.6 is 27.5 Å². The first-order valence-electron chi connectivity index (χ1n) is 11.1. The van der Waals surface area contributed by atoms with Gasteiger partial charge < -0.3 is 0 Å². The van der Waals surface area contributed by atoms with Crippen LogP contribution in [0.3, 0.4) is 0 Å². The van der Waals surface area contributed by atoms with E-state index in [2.05, 4.69) is 111 Å². The second-order valence-corrected chi connectivity index (χ2v) is 9.70. The van der Waals surface area contributed by atoms with Crippen LogP contribution in [-0.2, 0) is 0 Å². The van der Waals surface area contributed by atoms with Crippen LogP contribution in [0.1, 0.15) is 33.9 Å². The minimum atomic E-state index is 0.202. The molecule has 1 atom stereocenters. The normalized spacial score (nSPS) is 19.3. The Morgan fingerprint density at radius 3 is 2.44 bits per heavy atom. The second kappa shape index (κ2) is 9.76. The van der Waals surface area contributed by atoms with Crippen LogP contribution in [0.4, 0.5) is 0 Å². The van der Waals surface area contributed by atoms with Gasteiger partial charge in [0, 0.05) is 42.2 Å². The van der Waals surface area contributed by atoms with Crippen LogP contribution < -0.4 is 0 Å². The van der Waals surface area contributed by atoms with Gasteiger partial charge in [0.25, 0.3) is 0 Å². The summed E-state index contributed by atoms with van der Waals surface area (Å²) in [4.78, 5) is 5.15. The van der Waals surface area contributed by atoms with E-state index in [0.29, 0.717) is 0 Å². The molecular weight excluding hydrogens is 480 g/mol. The van der Waals surface area contributed by atoms with Crippen molar-refractivity contribution in [2.24, 2.45) is 0 Å². The van der Waals surface area contributed by atoms with Crippen molar-refractivity contribution in [3.8, 4) is 0 Å². The van der Waals surface area contributed by atoms with Crippen LogP contribution in [0.5, 0.6) is 0 Å². The second-order valence-electron chi connectivity index (χ2n) is 8.40. The van der Waals surface area contributed by atoms with Gasteiger partial charge in [0.2, 0.25) is 0 Å². The number of nitrogens with zero attached hydrogens (tertiary/aromatic N) is 2. The van der Waals surface area contributed by atoms with E-state index in [4.69, 9.17) is 11.6 Å². The molecule has 4 heteroatoms. The van der Waals surface area contributed by atoms with Crippen molar-refractivity contribution in [2.75, 3.05) is 32.7 Å². The molecule has 1 saturated heterocycles. The van der Waals surface area contributed by atoms with Gasteiger partial charge >= 0.3 is 0 Å². The highest BCUT2D eigenvalue weighted by atomic mass is 79.9. The summed E-state index contributed by atoms with van der Waals surface area (Å²) in [7, 11) is 0. The molecule has 162 valence electrons. The van der Waals surface area contributed by atoms with Gasteiger partial charge in [-0.1, -0.05) is 100 Å². The molecule has 1 heterocycles. The van der Waals surface area contributed by atoms with Crippen molar-refractivity contribution in [1.29, 1.82) is 0 Å². The number of halogens is 2. The maximum atomic E-state index is 6.47. The van der Waals surface area contributed by atoms with Crippen LogP contribution in [0, 0.1) is 0 Å². The molecule has 0 aromatic heterocycles. The standard InChI is InChI=1S/C28H26BrClN2/c29-27-19-22-10-4-5-11-24(22)28(26-20-23(30)12-13-25(26)27)32-17-15-31(16-18-32)14-6-9-21-7-2-1-3-8-21/h1-13,19-20,28H,14-18H2. The Bertz CT molecular complexity index is 1150. The van der Waals surface area contributed by atoms with E-state index in [-0.39, 0.29) is 6.04 Å². The molecule has 2 nitrogen and oxygen atoms in total. The predicted molar refractivity (Wildman–Crippen MR) is 140 cm³/mol. The number of benzene rings is 3. The first-order valence-corrected chi connectivity index (χ1v) is 12.3. The number of hydrogen-bond acceptors (Lipinski definition) is 2. The Balaban J connectivity index is 1.36. The fraction of sp³-hybridized carbons (Fsp3) is 0.214. The number of rotatable bonds is 4. The molecule has 1 fully saturated rings. The van der Waals surface area contributed by atoms with Gasteiger partial charge in [0.15, 0.2) is 0 Å². The highest BCUT2D eigenvalue weighted by Crippen LogP contribution is 2.42. The van der Waals surface area contributed by atoms with Crippen molar-refractivity contribution in [1.82, 2.24) is 9.80 Å². The van der Waals surface area contributed by atoms with E-state index < -0.39 is 0 Å². The summed E-state index contributed by atoms with van der Waals surface area (Å²) in [5, 5.41) is 0.790. The highest BCUT2D eigenvalue weighted by molar-refractivity contribution is 9.15. The Morgan fingerprint density at radius 1 is 0.875 bits per heavy atom. The zero-order valence-electron chi connectivity index (χ0n) is 17.9. The van der Waals surface area contributed by atoms with Crippen LogP contribution in [-0.4, -0.2) is 42.5 Å². The molecule has 32 heavy (non-hydrogen) atoms. The molecule has 0 spiro atoms. The van der Waals surface area contributed by atoms with E-state index in [1.807, 2.05) is 6.07 Å². The van der Waals surface area contributed by atoms with Gasteiger partial charge in [-0.15, -0.1) is 0 Å². The van der Waals surface area contributed by atoms with Gasteiger partial charge in [-0.25, -0.2) is 0 Å². The smallest absolute Gasteiger partial charge is 0.0615 e. The molecule has 2 aliphatic rings. The lowest BCUT2D eigenvalue weighted by molar-refractivity contribution is 0.118. The van der Waals surface area contributed by atoms with Crippen molar-refractivity contribution in [3.05, 3.63) is 112 Å². The van der Waals surface area contributed by atoms with Crippen LogP contribution in [0.2, 0.25) is 5.02 Å². The third kappa shape index (κ3) is 4.62. The third-order valence-corrected chi connectivity index (χ3v) is 7.28. The molecule has 0 radical (unpaired) electrons. The summed E-state index contributed by atoms with van der Waals surface area (Å²) in [6.45, 7) is 5.16. The fourth-order valence-corrected chi connectivity index (χ4v) is 5.54. The monoisotopic (exact) mass is 504 g/mol. The molecule has 0 amide bonds. The lowest BCUT2D eigenvalue weighted by Gasteiger charge is -2.40. The zero-order chi connectivity index (χ0) is 21.9. The quantitative estimate of drug-likeness (QED) is 0.378. The molecule has 1 unspecified atom stereocenters. The summed E-state index contributed by atoms with van der Waals surface area (Å²) in [5.41, 5.74) is 6.38. The van der Waals surface area contributed by atoms with Crippen LogP contribution in [0.25, 0.3) is 16.6 Å². The van der Waals surface area contributed by atoms with Crippen molar-refractivity contribution >= 4 is 44.2 Å². The van der Waals surface area contributed by atoms with E-state index >= 15 is 0 Å². The maximum Gasteiger partial charge on any atom is 0.0615 e. The minimum absolute atomic E-state index is 0.202. The van der Waals surface area contributed by atoms with Crippen LogP contribution in [0.15, 0.2) is 78.9 Å². The number of hydrogen-bond donors (Lipinski definition) is 0. The summed E-state index contributed by atoms with van der Waals surface area (Å²) >= 11 is 10.3. The van der Waals surface area contributed by atoms with E-state index in [1.165, 1.54) is 27.8 Å². The van der Waals surface area contributed by atoms with Crippen molar-refractivity contribution < 1.29 is 0 Å². The lowest BCUT2D eigenvalue weighted by atomic mass is 9.92. The van der Waals surface area contributed by atoms with Crippen molar-refractivity contribution in [3.63, 3.8) is 0 Å². The molecule has 5 rings (SSSR count). The third-order valence-electron chi connectivity index (χ3n) is 6.38. The van der Waals surface area contributed by atoms with Gasteiger partial charge in [-0.05, 0) is 46.0 Å².